The van der Waals surface area contributed by atoms with Gasteiger partial charge in [0.05, 0.1) is 0 Å². The number of halogens is 1. The lowest BCUT2D eigenvalue weighted by atomic mass is 9.97. The van der Waals surface area contributed by atoms with Crippen molar-refractivity contribution < 1.29 is 8.42 Å². The first-order valence-corrected chi connectivity index (χ1v) is 7.97. The fourth-order valence-electron chi connectivity index (χ4n) is 1.64. The SMILES string of the molecule is CC(C)(C)CN(Cc1ccccc1)S(=O)(=O)CCl. The third kappa shape index (κ3) is 4.96. The van der Waals surface area contributed by atoms with E-state index in [2.05, 4.69) is 0 Å². The van der Waals surface area contributed by atoms with Crippen LogP contribution in [0.4, 0.5) is 0 Å². The summed E-state index contributed by atoms with van der Waals surface area (Å²) in [5.74, 6) is 0. The van der Waals surface area contributed by atoms with E-state index in [0.29, 0.717) is 13.1 Å². The zero-order valence-corrected chi connectivity index (χ0v) is 12.6. The van der Waals surface area contributed by atoms with Crippen LogP contribution in [0.15, 0.2) is 30.3 Å². The Hall–Kier alpha value is -0.580. The van der Waals surface area contributed by atoms with E-state index in [1.54, 1.807) is 0 Å². The summed E-state index contributed by atoms with van der Waals surface area (Å²) in [5, 5.41) is -0.379. The highest BCUT2D eigenvalue weighted by Gasteiger charge is 2.26. The molecule has 0 spiro atoms. The molecule has 0 fully saturated rings. The van der Waals surface area contributed by atoms with Crippen molar-refractivity contribution in [3.05, 3.63) is 35.9 Å². The number of alkyl halides is 1. The second kappa shape index (κ2) is 6.04. The van der Waals surface area contributed by atoms with Crippen LogP contribution in [0.3, 0.4) is 0 Å². The molecule has 18 heavy (non-hydrogen) atoms. The minimum Gasteiger partial charge on any atom is -0.211 e. The van der Waals surface area contributed by atoms with Crippen molar-refractivity contribution in [2.45, 2.75) is 27.3 Å². The molecule has 0 N–H and O–H groups in total. The molecule has 102 valence electrons. The number of benzene rings is 1. The van der Waals surface area contributed by atoms with Crippen LogP contribution in [-0.4, -0.2) is 24.5 Å². The molecular formula is C13H20ClNO2S. The van der Waals surface area contributed by atoms with Crippen molar-refractivity contribution >= 4 is 21.6 Å². The summed E-state index contributed by atoms with van der Waals surface area (Å²) in [6.45, 7) is 6.85. The smallest absolute Gasteiger partial charge is 0.211 e. The van der Waals surface area contributed by atoms with E-state index in [0.717, 1.165) is 5.56 Å². The largest absolute Gasteiger partial charge is 0.228 e. The number of hydrogen-bond donors (Lipinski definition) is 0. The van der Waals surface area contributed by atoms with E-state index in [1.807, 2.05) is 51.1 Å². The molecule has 0 saturated heterocycles. The molecule has 0 radical (unpaired) electrons. The van der Waals surface area contributed by atoms with E-state index >= 15 is 0 Å². The molecule has 1 aromatic rings. The summed E-state index contributed by atoms with van der Waals surface area (Å²) in [6, 6.07) is 9.54. The molecule has 0 aromatic heterocycles. The van der Waals surface area contributed by atoms with Crippen molar-refractivity contribution in [1.82, 2.24) is 4.31 Å². The second-order valence-electron chi connectivity index (χ2n) is 5.54. The Labute approximate surface area is 115 Å². The Bertz CT molecular complexity index is 466. The fourth-order valence-corrected chi connectivity index (χ4v) is 3.12. The molecule has 0 amide bonds. The quantitative estimate of drug-likeness (QED) is 0.781. The summed E-state index contributed by atoms with van der Waals surface area (Å²) in [4.78, 5) is 0. The average molecular weight is 290 g/mol. The molecule has 5 heteroatoms. The van der Waals surface area contributed by atoms with Crippen LogP contribution >= 0.6 is 11.6 Å². The molecule has 3 nitrogen and oxygen atoms in total. The van der Waals surface area contributed by atoms with Crippen molar-refractivity contribution in [1.29, 1.82) is 0 Å². The summed E-state index contributed by atoms with van der Waals surface area (Å²) in [7, 11) is -3.39. The lowest BCUT2D eigenvalue weighted by molar-refractivity contribution is 0.278. The number of rotatable bonds is 5. The maximum Gasteiger partial charge on any atom is 0.228 e. The molecular weight excluding hydrogens is 270 g/mol. The topological polar surface area (TPSA) is 37.4 Å². The third-order valence-corrected chi connectivity index (χ3v) is 4.53. The van der Waals surface area contributed by atoms with Gasteiger partial charge in [0.1, 0.15) is 5.21 Å². The van der Waals surface area contributed by atoms with Gasteiger partial charge < -0.3 is 0 Å². The van der Waals surface area contributed by atoms with Gasteiger partial charge in [0.2, 0.25) is 10.0 Å². The molecule has 0 saturated carbocycles. The Kier molecular flexibility index (Phi) is 5.20. The number of hydrogen-bond acceptors (Lipinski definition) is 2. The van der Waals surface area contributed by atoms with Gasteiger partial charge in [-0.1, -0.05) is 51.1 Å². The third-order valence-electron chi connectivity index (χ3n) is 2.38. The molecule has 1 rings (SSSR count). The van der Waals surface area contributed by atoms with Gasteiger partial charge in [-0.3, -0.25) is 0 Å². The van der Waals surface area contributed by atoms with E-state index in [4.69, 9.17) is 11.6 Å². The van der Waals surface area contributed by atoms with Crippen molar-refractivity contribution in [3.63, 3.8) is 0 Å². The minimum atomic E-state index is -3.39. The summed E-state index contributed by atoms with van der Waals surface area (Å²) in [6.07, 6.45) is 0. The van der Waals surface area contributed by atoms with Gasteiger partial charge in [0, 0.05) is 13.1 Å². The van der Waals surface area contributed by atoms with Gasteiger partial charge >= 0.3 is 0 Å². The highest BCUT2D eigenvalue weighted by Crippen LogP contribution is 2.20. The predicted molar refractivity (Wildman–Crippen MR) is 75.9 cm³/mol. The van der Waals surface area contributed by atoms with Gasteiger partial charge in [-0.15, -0.1) is 11.6 Å². The Morgan fingerprint density at radius 3 is 2.17 bits per heavy atom. The molecule has 0 unspecified atom stereocenters. The first-order chi connectivity index (χ1) is 8.24. The lowest BCUT2D eigenvalue weighted by Gasteiger charge is -2.28. The van der Waals surface area contributed by atoms with Crippen LogP contribution in [0.2, 0.25) is 0 Å². The standard InChI is InChI=1S/C13H20ClNO2S/c1-13(2,3)10-15(18(16,17)11-14)9-12-7-5-4-6-8-12/h4-8H,9-11H2,1-3H3. The van der Waals surface area contributed by atoms with Gasteiger partial charge in [0.25, 0.3) is 0 Å². The highest BCUT2D eigenvalue weighted by atomic mass is 35.5. The minimum absolute atomic E-state index is 0.103. The van der Waals surface area contributed by atoms with Gasteiger partial charge in [-0.25, -0.2) is 8.42 Å². The summed E-state index contributed by atoms with van der Waals surface area (Å²) >= 11 is 5.55. The van der Waals surface area contributed by atoms with E-state index < -0.39 is 10.0 Å². The lowest BCUT2D eigenvalue weighted by Crippen LogP contribution is -2.37. The summed E-state index contributed by atoms with van der Waals surface area (Å²) in [5.41, 5.74) is 0.865. The Morgan fingerprint density at radius 2 is 1.72 bits per heavy atom. The molecule has 0 bridgehead atoms. The molecule has 0 aliphatic rings. The monoisotopic (exact) mass is 289 g/mol. The predicted octanol–water partition coefficient (Wildman–Crippen LogP) is 3.06. The van der Waals surface area contributed by atoms with E-state index in [1.165, 1.54) is 4.31 Å². The van der Waals surface area contributed by atoms with Crippen LogP contribution in [0.5, 0.6) is 0 Å². The van der Waals surface area contributed by atoms with E-state index in [-0.39, 0.29) is 10.6 Å². The van der Waals surface area contributed by atoms with Crippen LogP contribution in [0.1, 0.15) is 26.3 Å². The van der Waals surface area contributed by atoms with Crippen LogP contribution < -0.4 is 0 Å². The normalized spacial score (nSPS) is 12.9. The Morgan fingerprint density at radius 1 is 1.17 bits per heavy atom. The maximum absolute atomic E-state index is 12.0. The first-order valence-electron chi connectivity index (χ1n) is 5.82. The van der Waals surface area contributed by atoms with Crippen LogP contribution in [-0.2, 0) is 16.6 Å². The van der Waals surface area contributed by atoms with Crippen molar-refractivity contribution in [2.75, 3.05) is 11.8 Å². The van der Waals surface area contributed by atoms with Crippen LogP contribution in [0.25, 0.3) is 0 Å². The Balaban J connectivity index is 2.92. The fraction of sp³-hybridized carbons (Fsp3) is 0.538. The zero-order valence-electron chi connectivity index (χ0n) is 11.1. The van der Waals surface area contributed by atoms with Crippen molar-refractivity contribution in [2.24, 2.45) is 5.41 Å². The number of sulfonamides is 1. The second-order valence-corrected chi connectivity index (χ2v) is 8.09. The molecule has 0 aliphatic carbocycles. The average Bonchev–Trinajstić information content (AvgIpc) is 2.28. The van der Waals surface area contributed by atoms with Gasteiger partial charge in [-0.2, -0.15) is 4.31 Å². The highest BCUT2D eigenvalue weighted by molar-refractivity contribution is 7.90. The molecule has 0 aliphatic heterocycles. The summed E-state index contributed by atoms with van der Waals surface area (Å²) < 4.78 is 25.4. The van der Waals surface area contributed by atoms with Crippen LogP contribution in [0, 0.1) is 5.41 Å². The number of nitrogens with zero attached hydrogens (tertiary/aromatic N) is 1. The molecule has 1 aromatic carbocycles. The van der Waals surface area contributed by atoms with E-state index in [9.17, 15) is 8.42 Å². The van der Waals surface area contributed by atoms with Gasteiger partial charge in [0.15, 0.2) is 0 Å². The van der Waals surface area contributed by atoms with Gasteiger partial charge in [-0.05, 0) is 11.0 Å². The maximum atomic E-state index is 12.0. The van der Waals surface area contributed by atoms with Crippen molar-refractivity contribution in [3.8, 4) is 0 Å². The first kappa shape index (κ1) is 15.5. The molecule has 0 heterocycles. The zero-order chi connectivity index (χ0) is 13.8. The molecule has 0 atom stereocenters.